The van der Waals surface area contributed by atoms with E-state index < -0.39 is 0 Å². The highest BCUT2D eigenvalue weighted by atomic mass is 15.2. The molecule has 21 heavy (non-hydrogen) atoms. The highest BCUT2D eigenvalue weighted by Gasteiger charge is 2.10. The minimum atomic E-state index is 0.477. The second-order valence-corrected chi connectivity index (χ2v) is 5.09. The molecule has 0 bridgehead atoms. The molecule has 0 atom stereocenters. The summed E-state index contributed by atoms with van der Waals surface area (Å²) in [6.07, 6.45) is 3.66. The molecule has 0 radical (unpaired) electrons. The number of anilines is 1. The molecule has 0 fully saturated rings. The number of nitrogens with zero attached hydrogens (tertiary/aromatic N) is 3. The maximum atomic E-state index is 5.89. The lowest BCUT2D eigenvalue weighted by Crippen LogP contribution is -2.20. The normalized spacial score (nSPS) is 10.8. The van der Waals surface area contributed by atoms with E-state index in [2.05, 4.69) is 28.1 Å². The monoisotopic (exact) mass is 278 g/mol. The zero-order valence-electron chi connectivity index (χ0n) is 12.0. The van der Waals surface area contributed by atoms with Crippen LogP contribution in [-0.2, 0) is 13.1 Å². The molecule has 0 unspecified atom stereocenters. The minimum absolute atomic E-state index is 0.477. The Balaban J connectivity index is 1.98. The number of hydrogen-bond acceptors (Lipinski definition) is 4. The third-order valence-electron chi connectivity index (χ3n) is 3.50. The summed E-state index contributed by atoms with van der Waals surface area (Å²) in [7, 11) is 2.03. The van der Waals surface area contributed by atoms with Crippen molar-refractivity contribution in [1.29, 1.82) is 0 Å². The predicted octanol–water partition coefficient (Wildman–Crippen LogP) is 2.72. The number of benzene rings is 1. The van der Waals surface area contributed by atoms with Crippen molar-refractivity contribution in [3.8, 4) is 0 Å². The molecule has 0 aliphatic heterocycles. The first-order chi connectivity index (χ1) is 10.3. The van der Waals surface area contributed by atoms with Crippen molar-refractivity contribution in [2.75, 3.05) is 11.9 Å². The number of hydrogen-bond donors (Lipinski definition) is 1. The van der Waals surface area contributed by atoms with Crippen molar-refractivity contribution < 1.29 is 0 Å². The summed E-state index contributed by atoms with van der Waals surface area (Å²) in [5.41, 5.74) is 9.09. The van der Waals surface area contributed by atoms with E-state index >= 15 is 0 Å². The Kier molecular flexibility index (Phi) is 3.79. The number of fused-ring (bicyclic) bond motifs is 1. The lowest BCUT2D eigenvalue weighted by Gasteiger charge is -2.21. The molecule has 3 aromatic rings. The first-order valence-electron chi connectivity index (χ1n) is 6.96. The van der Waals surface area contributed by atoms with E-state index in [-0.39, 0.29) is 0 Å². The van der Waals surface area contributed by atoms with Crippen LogP contribution in [0.15, 0.2) is 54.9 Å². The van der Waals surface area contributed by atoms with Crippen molar-refractivity contribution >= 4 is 16.7 Å². The average Bonchev–Trinajstić information content (AvgIpc) is 2.54. The molecule has 106 valence electrons. The van der Waals surface area contributed by atoms with Gasteiger partial charge in [-0.15, -0.1) is 0 Å². The van der Waals surface area contributed by atoms with E-state index in [4.69, 9.17) is 10.7 Å². The van der Waals surface area contributed by atoms with Crippen LogP contribution >= 0.6 is 0 Å². The van der Waals surface area contributed by atoms with Gasteiger partial charge < -0.3 is 10.6 Å². The Morgan fingerprint density at radius 3 is 2.76 bits per heavy atom. The van der Waals surface area contributed by atoms with Crippen molar-refractivity contribution in [3.05, 3.63) is 66.0 Å². The standard InChI is InChI=1S/C17H18N4/c1-21(12-13-5-4-8-19-11-13)17-15(10-18)9-14-6-2-3-7-16(14)20-17/h2-9,11H,10,12,18H2,1H3. The van der Waals surface area contributed by atoms with Crippen LogP contribution in [0.1, 0.15) is 11.1 Å². The van der Waals surface area contributed by atoms with E-state index in [1.165, 1.54) is 0 Å². The van der Waals surface area contributed by atoms with E-state index in [0.717, 1.165) is 34.4 Å². The molecule has 0 spiro atoms. The van der Waals surface area contributed by atoms with Crippen molar-refractivity contribution in [2.45, 2.75) is 13.1 Å². The Labute approximate surface area is 124 Å². The van der Waals surface area contributed by atoms with Crippen LogP contribution in [0.2, 0.25) is 0 Å². The summed E-state index contributed by atoms with van der Waals surface area (Å²) in [5, 5.41) is 1.12. The van der Waals surface area contributed by atoms with Gasteiger partial charge in [0.25, 0.3) is 0 Å². The molecule has 3 rings (SSSR count). The summed E-state index contributed by atoms with van der Waals surface area (Å²) >= 11 is 0. The zero-order valence-corrected chi connectivity index (χ0v) is 12.0. The summed E-state index contributed by atoms with van der Waals surface area (Å²) in [6, 6.07) is 14.2. The van der Waals surface area contributed by atoms with Gasteiger partial charge in [-0.2, -0.15) is 0 Å². The largest absolute Gasteiger partial charge is 0.355 e. The van der Waals surface area contributed by atoms with Gasteiger partial charge in [0.2, 0.25) is 0 Å². The molecule has 0 amide bonds. The number of para-hydroxylation sites is 1. The number of rotatable bonds is 4. The molecule has 0 aliphatic rings. The van der Waals surface area contributed by atoms with Gasteiger partial charge in [0.1, 0.15) is 5.82 Å². The smallest absolute Gasteiger partial charge is 0.133 e. The minimum Gasteiger partial charge on any atom is -0.355 e. The Morgan fingerprint density at radius 1 is 1.14 bits per heavy atom. The Bertz CT molecular complexity index is 740. The number of nitrogens with two attached hydrogens (primary N) is 1. The van der Waals surface area contributed by atoms with E-state index in [1.54, 1.807) is 6.20 Å². The molecule has 0 saturated carbocycles. The van der Waals surface area contributed by atoms with Gasteiger partial charge in [-0.3, -0.25) is 4.98 Å². The second-order valence-electron chi connectivity index (χ2n) is 5.09. The average molecular weight is 278 g/mol. The topological polar surface area (TPSA) is 55.0 Å². The molecule has 2 aromatic heterocycles. The molecule has 1 aromatic carbocycles. The lowest BCUT2D eigenvalue weighted by atomic mass is 10.1. The summed E-state index contributed by atoms with van der Waals surface area (Å²) in [4.78, 5) is 11.0. The van der Waals surface area contributed by atoms with Crippen molar-refractivity contribution in [1.82, 2.24) is 9.97 Å². The predicted molar refractivity (Wildman–Crippen MR) is 86.0 cm³/mol. The van der Waals surface area contributed by atoms with Crippen LogP contribution in [0.3, 0.4) is 0 Å². The van der Waals surface area contributed by atoms with E-state index in [1.807, 2.05) is 37.5 Å². The summed E-state index contributed by atoms with van der Waals surface area (Å²) < 4.78 is 0. The van der Waals surface area contributed by atoms with E-state index in [0.29, 0.717) is 6.54 Å². The molecule has 2 heterocycles. The van der Waals surface area contributed by atoms with Crippen molar-refractivity contribution in [3.63, 3.8) is 0 Å². The first kappa shape index (κ1) is 13.5. The third kappa shape index (κ3) is 2.85. The molecule has 0 saturated heterocycles. The maximum Gasteiger partial charge on any atom is 0.133 e. The fraction of sp³-hybridized carbons (Fsp3) is 0.176. The highest BCUT2D eigenvalue weighted by Crippen LogP contribution is 2.23. The fourth-order valence-electron chi connectivity index (χ4n) is 2.47. The first-order valence-corrected chi connectivity index (χ1v) is 6.96. The zero-order chi connectivity index (χ0) is 14.7. The highest BCUT2D eigenvalue weighted by molar-refractivity contribution is 5.81. The maximum absolute atomic E-state index is 5.89. The lowest BCUT2D eigenvalue weighted by molar-refractivity contribution is 0.877. The molecule has 2 N–H and O–H groups in total. The van der Waals surface area contributed by atoms with E-state index in [9.17, 15) is 0 Å². The van der Waals surface area contributed by atoms with Gasteiger partial charge in [-0.1, -0.05) is 24.3 Å². The molecular formula is C17H18N4. The summed E-state index contributed by atoms with van der Waals surface area (Å²) in [5.74, 6) is 0.931. The van der Waals surface area contributed by atoms with Gasteiger partial charge in [-0.25, -0.2) is 4.98 Å². The van der Waals surface area contributed by atoms with Gasteiger partial charge in [-0.05, 0) is 23.8 Å². The Morgan fingerprint density at radius 2 is 2.00 bits per heavy atom. The van der Waals surface area contributed by atoms with Crippen LogP contribution < -0.4 is 10.6 Å². The van der Waals surface area contributed by atoms with Crippen LogP contribution in [0.5, 0.6) is 0 Å². The van der Waals surface area contributed by atoms with Gasteiger partial charge in [0.05, 0.1) is 5.52 Å². The molecule has 4 nitrogen and oxygen atoms in total. The van der Waals surface area contributed by atoms with Crippen LogP contribution in [-0.4, -0.2) is 17.0 Å². The fourth-order valence-corrected chi connectivity index (χ4v) is 2.47. The Hall–Kier alpha value is -2.46. The molecule has 0 aliphatic carbocycles. The number of pyridine rings is 2. The molecule has 4 heteroatoms. The van der Waals surface area contributed by atoms with Crippen molar-refractivity contribution in [2.24, 2.45) is 5.73 Å². The SMILES string of the molecule is CN(Cc1cccnc1)c1nc2ccccc2cc1CN. The quantitative estimate of drug-likeness (QED) is 0.797. The van der Waals surface area contributed by atoms with Gasteiger partial charge in [0.15, 0.2) is 0 Å². The number of aromatic nitrogens is 2. The molecular weight excluding hydrogens is 260 g/mol. The second kappa shape index (κ2) is 5.89. The van der Waals surface area contributed by atoms with Crippen LogP contribution in [0.25, 0.3) is 10.9 Å². The van der Waals surface area contributed by atoms with Crippen LogP contribution in [0.4, 0.5) is 5.82 Å². The van der Waals surface area contributed by atoms with Gasteiger partial charge >= 0.3 is 0 Å². The van der Waals surface area contributed by atoms with Gasteiger partial charge in [0, 0.05) is 43.5 Å². The summed E-state index contributed by atoms with van der Waals surface area (Å²) in [6.45, 7) is 1.23. The van der Waals surface area contributed by atoms with Crippen LogP contribution in [0, 0.1) is 0 Å². The third-order valence-corrected chi connectivity index (χ3v) is 3.50.